The molecule has 1 nitrogen and oxygen atoms in total. The molecule has 0 radical (unpaired) electrons. The zero-order valence-electron chi connectivity index (χ0n) is 42.8. The lowest BCUT2D eigenvalue weighted by Crippen LogP contribution is -2.19. The normalized spacial score (nSPS) is 14.9. The Kier molecular flexibility index (Phi) is 8.89. The molecule has 15 rings (SSSR count). The summed E-state index contributed by atoms with van der Waals surface area (Å²) in [6.45, 7) is 14.4. The van der Waals surface area contributed by atoms with Crippen LogP contribution in [0.3, 0.4) is 0 Å². The van der Waals surface area contributed by atoms with E-state index in [9.17, 15) is 0 Å². The SMILES string of the molecule is CC1(C)c2ccccc2-c2ccc(N(c3ccc4c(c3)C(C)(C)c3ccccc3-4)c3ccc4c(c3)C(C)(C)c3cc(-c5cc6cc(-c7ccc8ccccc8c7)c7ccccc7c6c6ccccc56)ccc3-4)cc21. The van der Waals surface area contributed by atoms with Crippen LogP contribution in [0.4, 0.5) is 17.1 Å². The van der Waals surface area contributed by atoms with Crippen molar-refractivity contribution in [3.63, 3.8) is 0 Å². The van der Waals surface area contributed by atoms with Crippen molar-refractivity contribution in [3.8, 4) is 55.6 Å². The van der Waals surface area contributed by atoms with Crippen LogP contribution in [0.25, 0.3) is 98.7 Å². The van der Waals surface area contributed by atoms with E-state index in [0.717, 1.165) is 0 Å². The summed E-state index contributed by atoms with van der Waals surface area (Å²) in [6.07, 6.45) is 0. The van der Waals surface area contributed by atoms with Gasteiger partial charge < -0.3 is 4.90 Å². The first-order chi connectivity index (χ1) is 35.9. The second-order valence-electron chi connectivity index (χ2n) is 22.9. The van der Waals surface area contributed by atoms with Gasteiger partial charge in [-0.15, -0.1) is 0 Å². The molecule has 12 aromatic carbocycles. The van der Waals surface area contributed by atoms with Crippen LogP contribution in [-0.2, 0) is 16.2 Å². The molecule has 0 saturated heterocycles. The maximum atomic E-state index is 2.53. The predicted octanol–water partition coefficient (Wildman–Crippen LogP) is 20.0. The average molecular weight is 946 g/mol. The first-order valence-electron chi connectivity index (χ1n) is 26.4. The van der Waals surface area contributed by atoms with E-state index in [1.165, 1.54) is 149 Å². The first kappa shape index (κ1) is 43.1. The second kappa shape index (κ2) is 15.3. The molecular formula is C73H55N. The van der Waals surface area contributed by atoms with Gasteiger partial charge >= 0.3 is 0 Å². The van der Waals surface area contributed by atoms with Crippen LogP contribution in [0.5, 0.6) is 0 Å². The lowest BCUT2D eigenvalue weighted by atomic mass is 9.80. The molecule has 0 heterocycles. The molecule has 0 saturated carbocycles. The number of anilines is 3. The summed E-state index contributed by atoms with van der Waals surface area (Å²) in [5.74, 6) is 0. The molecule has 3 aliphatic rings. The Morgan fingerprint density at radius 1 is 0.243 bits per heavy atom. The van der Waals surface area contributed by atoms with Crippen molar-refractivity contribution in [1.82, 2.24) is 0 Å². The maximum Gasteiger partial charge on any atom is 0.0465 e. The zero-order valence-corrected chi connectivity index (χ0v) is 42.8. The van der Waals surface area contributed by atoms with Gasteiger partial charge in [0.2, 0.25) is 0 Å². The molecule has 12 aromatic rings. The maximum absolute atomic E-state index is 2.53. The number of hydrogen-bond acceptors (Lipinski definition) is 1. The summed E-state index contributed by atoms with van der Waals surface area (Å²) in [5, 5.41) is 10.2. The zero-order chi connectivity index (χ0) is 49.8. The van der Waals surface area contributed by atoms with Crippen LogP contribution in [0.1, 0.15) is 74.9 Å². The predicted molar refractivity (Wildman–Crippen MR) is 315 cm³/mol. The van der Waals surface area contributed by atoms with Gasteiger partial charge in [0, 0.05) is 33.3 Å². The van der Waals surface area contributed by atoms with Crippen molar-refractivity contribution < 1.29 is 0 Å². The Bertz CT molecular complexity index is 4300. The van der Waals surface area contributed by atoms with Gasteiger partial charge in [-0.3, -0.25) is 0 Å². The van der Waals surface area contributed by atoms with E-state index in [0.29, 0.717) is 0 Å². The largest absolute Gasteiger partial charge is 0.310 e. The number of benzene rings is 12. The molecule has 3 aliphatic carbocycles. The van der Waals surface area contributed by atoms with Crippen molar-refractivity contribution in [2.24, 2.45) is 0 Å². The molecule has 74 heavy (non-hydrogen) atoms. The first-order valence-corrected chi connectivity index (χ1v) is 26.4. The van der Waals surface area contributed by atoms with Crippen LogP contribution >= 0.6 is 0 Å². The summed E-state index contributed by atoms with van der Waals surface area (Å²) in [5.41, 5.74) is 24.2. The number of nitrogens with zero attached hydrogens (tertiary/aromatic N) is 1. The Hall–Kier alpha value is -8.52. The minimum Gasteiger partial charge on any atom is -0.310 e. The molecule has 0 amide bonds. The smallest absolute Gasteiger partial charge is 0.0465 e. The fourth-order valence-corrected chi connectivity index (χ4v) is 14.0. The Labute approximate surface area is 434 Å². The van der Waals surface area contributed by atoms with Crippen molar-refractivity contribution in [3.05, 3.63) is 258 Å². The highest BCUT2D eigenvalue weighted by molar-refractivity contribution is 6.26. The van der Waals surface area contributed by atoms with E-state index in [4.69, 9.17) is 0 Å². The van der Waals surface area contributed by atoms with E-state index in [1.807, 2.05) is 0 Å². The molecule has 1 heteroatoms. The van der Waals surface area contributed by atoms with E-state index < -0.39 is 0 Å². The van der Waals surface area contributed by atoms with Crippen LogP contribution < -0.4 is 4.90 Å². The summed E-state index contributed by atoms with van der Waals surface area (Å²) in [4.78, 5) is 2.53. The Balaban J connectivity index is 0.875. The summed E-state index contributed by atoms with van der Waals surface area (Å²) in [7, 11) is 0. The summed E-state index contributed by atoms with van der Waals surface area (Å²) >= 11 is 0. The van der Waals surface area contributed by atoms with Crippen molar-refractivity contribution in [1.29, 1.82) is 0 Å². The Morgan fingerprint density at radius 3 is 1.12 bits per heavy atom. The topological polar surface area (TPSA) is 3.24 Å². The third-order valence-electron chi connectivity index (χ3n) is 17.8. The van der Waals surface area contributed by atoms with E-state index in [2.05, 4.69) is 271 Å². The molecule has 0 N–H and O–H groups in total. The molecule has 0 aromatic heterocycles. The number of fused-ring (bicyclic) bond motifs is 15. The molecule has 0 fully saturated rings. The van der Waals surface area contributed by atoms with Crippen molar-refractivity contribution in [2.45, 2.75) is 57.8 Å². The van der Waals surface area contributed by atoms with Gasteiger partial charge in [-0.2, -0.15) is 0 Å². The van der Waals surface area contributed by atoms with Gasteiger partial charge in [0.1, 0.15) is 0 Å². The van der Waals surface area contributed by atoms with E-state index in [-0.39, 0.29) is 16.2 Å². The number of rotatable bonds is 5. The van der Waals surface area contributed by atoms with E-state index in [1.54, 1.807) is 0 Å². The highest BCUT2D eigenvalue weighted by Gasteiger charge is 2.40. The molecular weight excluding hydrogens is 891 g/mol. The standard InChI is InChI=1S/C73H55N/c1-71(2)64-25-15-13-21-54(64)57-34-30-49(41-67(57)71)74(50-31-35-58-55-22-14-16-26-65(55)72(3,4)68(58)42-50)51-32-36-59-56-33-29-47(40-66(56)73(5,6)69(59)43-51)63-39-48-38-62(46-28-27-44-17-7-8-18-45(44)37-46)52-19-9-11-23-60(52)70(48)61-24-12-10-20-53(61)63/h7-43H,1-6H3. The van der Waals surface area contributed by atoms with Gasteiger partial charge in [0.05, 0.1) is 0 Å². The van der Waals surface area contributed by atoms with Gasteiger partial charge in [-0.05, 0) is 193 Å². The van der Waals surface area contributed by atoms with Gasteiger partial charge in [-0.25, -0.2) is 0 Å². The minimum absolute atomic E-state index is 0.127. The molecule has 352 valence electrons. The van der Waals surface area contributed by atoms with Crippen LogP contribution in [0.2, 0.25) is 0 Å². The molecule has 0 unspecified atom stereocenters. The quantitative estimate of drug-likeness (QED) is 0.155. The van der Waals surface area contributed by atoms with Gasteiger partial charge in [-0.1, -0.05) is 205 Å². The lowest BCUT2D eigenvalue weighted by Gasteiger charge is -2.31. The third-order valence-corrected chi connectivity index (χ3v) is 17.8. The summed E-state index contributed by atoms with van der Waals surface area (Å²) < 4.78 is 0. The average Bonchev–Trinajstić information content (AvgIpc) is 3.92. The molecule has 0 aliphatic heterocycles. The number of hydrogen-bond donors (Lipinski definition) is 0. The lowest BCUT2D eigenvalue weighted by molar-refractivity contribution is 0.659. The Morgan fingerprint density at radius 2 is 0.608 bits per heavy atom. The second-order valence-corrected chi connectivity index (χ2v) is 22.9. The van der Waals surface area contributed by atoms with Crippen molar-refractivity contribution in [2.75, 3.05) is 4.90 Å². The highest BCUT2D eigenvalue weighted by atomic mass is 15.1. The molecule has 0 bridgehead atoms. The fraction of sp³-hybridized carbons (Fsp3) is 0.123. The highest BCUT2D eigenvalue weighted by Crippen LogP contribution is 2.56. The van der Waals surface area contributed by atoms with Crippen LogP contribution in [0.15, 0.2) is 224 Å². The summed E-state index contributed by atoms with van der Waals surface area (Å²) in [6, 6.07) is 85.4. The minimum atomic E-state index is -0.266. The monoisotopic (exact) mass is 945 g/mol. The third kappa shape index (κ3) is 5.99. The molecule has 0 atom stereocenters. The van der Waals surface area contributed by atoms with Crippen LogP contribution in [0, 0.1) is 0 Å². The van der Waals surface area contributed by atoms with Gasteiger partial charge in [0.15, 0.2) is 0 Å². The fourth-order valence-electron chi connectivity index (χ4n) is 14.0. The van der Waals surface area contributed by atoms with E-state index >= 15 is 0 Å². The molecule has 0 spiro atoms. The van der Waals surface area contributed by atoms with Crippen LogP contribution in [-0.4, -0.2) is 0 Å². The van der Waals surface area contributed by atoms with Gasteiger partial charge in [0.25, 0.3) is 0 Å². The van der Waals surface area contributed by atoms with Crippen molar-refractivity contribution >= 4 is 60.2 Å².